The van der Waals surface area contributed by atoms with E-state index < -0.39 is 5.60 Å². The van der Waals surface area contributed by atoms with Crippen molar-refractivity contribution in [1.82, 2.24) is 14.7 Å². The highest BCUT2D eigenvalue weighted by Crippen LogP contribution is 2.27. The standard InChI is InChI=1S/C18H25N3O3/c1-18(2,3)24-17(22)21-10-6-8-14(12-21)23-15-9-5-7-13-11-19-20(4)16(13)15/h5,7,9,11,14H,6,8,10,12H2,1-4H3. The second-order valence-corrected chi connectivity index (χ2v) is 7.27. The first kappa shape index (κ1) is 16.6. The van der Waals surface area contributed by atoms with E-state index in [1.54, 1.807) is 4.90 Å². The van der Waals surface area contributed by atoms with Gasteiger partial charge in [-0.1, -0.05) is 12.1 Å². The van der Waals surface area contributed by atoms with Crippen LogP contribution in [0.25, 0.3) is 10.9 Å². The maximum Gasteiger partial charge on any atom is 0.410 e. The molecule has 0 N–H and O–H groups in total. The van der Waals surface area contributed by atoms with Crippen LogP contribution in [0.5, 0.6) is 5.75 Å². The highest BCUT2D eigenvalue weighted by molar-refractivity contribution is 5.84. The number of fused-ring (bicyclic) bond motifs is 1. The first-order valence-electron chi connectivity index (χ1n) is 8.39. The van der Waals surface area contributed by atoms with E-state index in [1.807, 2.05) is 56.9 Å². The van der Waals surface area contributed by atoms with Gasteiger partial charge in [-0.2, -0.15) is 5.10 Å². The SMILES string of the molecule is Cn1ncc2cccc(OC3CCCN(C(=O)OC(C)(C)C)C3)c21. The molecule has 6 nitrogen and oxygen atoms in total. The van der Waals surface area contributed by atoms with E-state index in [0.29, 0.717) is 13.1 Å². The summed E-state index contributed by atoms with van der Waals surface area (Å²) in [5.41, 5.74) is 0.498. The molecule has 1 aliphatic heterocycles. The molecule has 1 saturated heterocycles. The smallest absolute Gasteiger partial charge is 0.410 e. The molecule has 0 aliphatic carbocycles. The van der Waals surface area contributed by atoms with Crippen LogP contribution in [-0.4, -0.2) is 45.6 Å². The number of hydrogen-bond acceptors (Lipinski definition) is 4. The number of ether oxygens (including phenoxy) is 2. The van der Waals surface area contributed by atoms with Crippen molar-refractivity contribution in [3.8, 4) is 5.75 Å². The quantitative estimate of drug-likeness (QED) is 0.847. The maximum absolute atomic E-state index is 12.3. The van der Waals surface area contributed by atoms with Crippen LogP contribution in [0.4, 0.5) is 4.79 Å². The van der Waals surface area contributed by atoms with E-state index in [2.05, 4.69) is 5.10 Å². The molecule has 1 fully saturated rings. The molecule has 0 radical (unpaired) electrons. The molecule has 0 saturated carbocycles. The summed E-state index contributed by atoms with van der Waals surface area (Å²) in [5.74, 6) is 0.809. The minimum absolute atomic E-state index is 0.0354. The second-order valence-electron chi connectivity index (χ2n) is 7.27. The van der Waals surface area contributed by atoms with Crippen LogP contribution in [-0.2, 0) is 11.8 Å². The summed E-state index contributed by atoms with van der Waals surface area (Å²) in [6.07, 6.45) is 3.36. The van der Waals surface area contributed by atoms with Gasteiger partial charge in [-0.25, -0.2) is 4.79 Å². The van der Waals surface area contributed by atoms with Crippen LogP contribution in [0.2, 0.25) is 0 Å². The van der Waals surface area contributed by atoms with Gasteiger partial charge in [0.05, 0.1) is 12.7 Å². The Hall–Kier alpha value is -2.24. The number of para-hydroxylation sites is 1. The number of rotatable bonds is 2. The average molecular weight is 331 g/mol. The van der Waals surface area contributed by atoms with Crippen molar-refractivity contribution in [2.75, 3.05) is 13.1 Å². The lowest BCUT2D eigenvalue weighted by Crippen LogP contribution is -2.46. The number of amides is 1. The zero-order chi connectivity index (χ0) is 17.3. The van der Waals surface area contributed by atoms with E-state index in [1.165, 1.54) is 0 Å². The van der Waals surface area contributed by atoms with Crippen LogP contribution in [0.3, 0.4) is 0 Å². The van der Waals surface area contributed by atoms with Crippen molar-refractivity contribution >= 4 is 17.0 Å². The Morgan fingerprint density at radius 2 is 2.12 bits per heavy atom. The third-order valence-electron chi connectivity index (χ3n) is 4.05. The van der Waals surface area contributed by atoms with Gasteiger partial charge in [0.15, 0.2) is 0 Å². The fourth-order valence-corrected chi connectivity index (χ4v) is 3.00. The van der Waals surface area contributed by atoms with Gasteiger partial charge in [0.25, 0.3) is 0 Å². The van der Waals surface area contributed by atoms with Gasteiger partial charge >= 0.3 is 6.09 Å². The van der Waals surface area contributed by atoms with Crippen LogP contribution >= 0.6 is 0 Å². The highest BCUT2D eigenvalue weighted by Gasteiger charge is 2.29. The molecule has 2 heterocycles. The number of likely N-dealkylation sites (tertiary alicyclic amines) is 1. The van der Waals surface area contributed by atoms with Crippen molar-refractivity contribution in [2.24, 2.45) is 7.05 Å². The van der Waals surface area contributed by atoms with E-state index in [4.69, 9.17) is 9.47 Å². The van der Waals surface area contributed by atoms with Crippen LogP contribution in [0, 0.1) is 0 Å². The number of benzene rings is 1. The third kappa shape index (κ3) is 3.63. The minimum atomic E-state index is -0.481. The third-order valence-corrected chi connectivity index (χ3v) is 4.05. The van der Waals surface area contributed by atoms with Gasteiger partial charge in [-0.15, -0.1) is 0 Å². The molecule has 3 rings (SSSR count). The zero-order valence-electron chi connectivity index (χ0n) is 14.8. The first-order valence-corrected chi connectivity index (χ1v) is 8.39. The number of carbonyl (C=O) groups excluding carboxylic acids is 1. The second kappa shape index (κ2) is 6.34. The molecule has 130 valence electrons. The average Bonchev–Trinajstić information content (AvgIpc) is 2.88. The molecule has 0 spiro atoms. The van der Waals surface area contributed by atoms with E-state index in [0.717, 1.165) is 29.5 Å². The summed E-state index contributed by atoms with van der Waals surface area (Å²) >= 11 is 0. The monoisotopic (exact) mass is 331 g/mol. The normalized spacial score (nSPS) is 18.7. The van der Waals surface area contributed by atoms with Crippen LogP contribution in [0.1, 0.15) is 33.6 Å². The molecule has 24 heavy (non-hydrogen) atoms. The number of piperidine rings is 1. The van der Waals surface area contributed by atoms with Gasteiger partial charge in [0.1, 0.15) is 23.0 Å². The number of carbonyl (C=O) groups is 1. The van der Waals surface area contributed by atoms with E-state index in [9.17, 15) is 4.79 Å². The number of aromatic nitrogens is 2. The fourth-order valence-electron chi connectivity index (χ4n) is 3.00. The maximum atomic E-state index is 12.3. The van der Waals surface area contributed by atoms with Crippen molar-refractivity contribution in [1.29, 1.82) is 0 Å². The fraction of sp³-hybridized carbons (Fsp3) is 0.556. The largest absolute Gasteiger partial charge is 0.486 e. The number of hydrogen-bond donors (Lipinski definition) is 0. The Labute approximate surface area is 142 Å². The molecular weight excluding hydrogens is 306 g/mol. The topological polar surface area (TPSA) is 56.6 Å². The van der Waals surface area contributed by atoms with E-state index >= 15 is 0 Å². The number of nitrogens with zero attached hydrogens (tertiary/aromatic N) is 3. The van der Waals surface area contributed by atoms with Gasteiger partial charge in [-0.05, 0) is 39.7 Å². The summed E-state index contributed by atoms with van der Waals surface area (Å²) < 4.78 is 13.5. The number of aryl methyl sites for hydroxylation is 1. The minimum Gasteiger partial charge on any atom is -0.486 e. The van der Waals surface area contributed by atoms with Crippen LogP contribution in [0.15, 0.2) is 24.4 Å². The lowest BCUT2D eigenvalue weighted by molar-refractivity contribution is 0.00790. The summed E-state index contributed by atoms with van der Waals surface area (Å²) in [6, 6.07) is 5.94. The lowest BCUT2D eigenvalue weighted by Gasteiger charge is -2.34. The molecule has 1 atom stereocenters. The lowest BCUT2D eigenvalue weighted by atomic mass is 10.1. The van der Waals surface area contributed by atoms with Crippen molar-refractivity contribution in [3.63, 3.8) is 0 Å². The van der Waals surface area contributed by atoms with Gasteiger partial charge in [-0.3, -0.25) is 4.68 Å². The van der Waals surface area contributed by atoms with Crippen LogP contribution < -0.4 is 4.74 Å². The molecule has 1 aromatic heterocycles. The van der Waals surface area contributed by atoms with Gasteiger partial charge in [0, 0.05) is 19.0 Å². The predicted molar refractivity (Wildman–Crippen MR) is 92.2 cm³/mol. The Bertz CT molecular complexity index is 733. The molecule has 6 heteroatoms. The summed E-state index contributed by atoms with van der Waals surface area (Å²) in [4.78, 5) is 14.0. The molecule has 1 unspecified atom stereocenters. The molecule has 0 bridgehead atoms. The Kier molecular flexibility index (Phi) is 4.39. The summed E-state index contributed by atoms with van der Waals surface area (Å²) in [6.45, 7) is 6.90. The van der Waals surface area contributed by atoms with Gasteiger partial charge < -0.3 is 14.4 Å². The molecule has 1 amide bonds. The molecular formula is C18H25N3O3. The van der Waals surface area contributed by atoms with E-state index in [-0.39, 0.29) is 12.2 Å². The zero-order valence-corrected chi connectivity index (χ0v) is 14.8. The summed E-state index contributed by atoms with van der Waals surface area (Å²) in [5, 5.41) is 5.34. The molecule has 2 aromatic rings. The van der Waals surface area contributed by atoms with Crippen molar-refractivity contribution < 1.29 is 14.3 Å². The van der Waals surface area contributed by atoms with Gasteiger partial charge in [0.2, 0.25) is 0 Å². The predicted octanol–water partition coefficient (Wildman–Crippen LogP) is 3.35. The Morgan fingerprint density at radius 1 is 1.33 bits per heavy atom. The van der Waals surface area contributed by atoms with Crippen molar-refractivity contribution in [2.45, 2.75) is 45.3 Å². The Balaban J connectivity index is 1.71. The Morgan fingerprint density at radius 3 is 2.88 bits per heavy atom. The summed E-state index contributed by atoms with van der Waals surface area (Å²) in [7, 11) is 1.91. The molecule has 1 aromatic carbocycles. The first-order chi connectivity index (χ1) is 11.3. The molecule has 1 aliphatic rings. The highest BCUT2D eigenvalue weighted by atomic mass is 16.6. The van der Waals surface area contributed by atoms with Crippen molar-refractivity contribution in [3.05, 3.63) is 24.4 Å².